The second-order valence-electron chi connectivity index (χ2n) is 9.25. The van der Waals surface area contributed by atoms with E-state index in [1.54, 1.807) is 28.9 Å². The number of ether oxygens (including phenoxy) is 1. The van der Waals surface area contributed by atoms with Crippen LogP contribution in [0.25, 0.3) is 5.69 Å². The van der Waals surface area contributed by atoms with E-state index in [1.165, 1.54) is 36.3 Å². The van der Waals surface area contributed by atoms with Crippen molar-refractivity contribution in [2.24, 2.45) is 0 Å². The number of nitrogens with zero attached hydrogens (tertiary/aromatic N) is 4. The van der Waals surface area contributed by atoms with Gasteiger partial charge in [-0.2, -0.15) is 5.10 Å². The van der Waals surface area contributed by atoms with E-state index < -0.39 is 16.7 Å². The Kier molecular flexibility index (Phi) is 8.90. The number of non-ortho nitro benzene ring substituents is 1. The summed E-state index contributed by atoms with van der Waals surface area (Å²) in [5.41, 5.74) is 1.09. The number of halogens is 2. The number of nitrogens with one attached hydrogen (secondary N) is 1. The van der Waals surface area contributed by atoms with Gasteiger partial charge in [0, 0.05) is 42.8 Å². The number of rotatable bonds is 9. The van der Waals surface area contributed by atoms with Crippen molar-refractivity contribution in [3.05, 3.63) is 79.9 Å². The number of benzene rings is 2. The first-order valence-electron chi connectivity index (χ1n) is 11.3. The van der Waals surface area contributed by atoms with Gasteiger partial charge >= 0.3 is 0 Å². The van der Waals surface area contributed by atoms with Crippen LogP contribution in [0.5, 0.6) is 0 Å². The van der Waals surface area contributed by atoms with Gasteiger partial charge in [0.25, 0.3) is 11.6 Å². The van der Waals surface area contributed by atoms with Gasteiger partial charge in [-0.15, -0.1) is 0 Å². The lowest BCUT2D eigenvalue weighted by Crippen LogP contribution is -2.40. The number of anilines is 1. The van der Waals surface area contributed by atoms with E-state index in [1.807, 2.05) is 20.8 Å². The second-order valence-corrected chi connectivity index (χ2v) is 10.1. The standard InChI is InChI=1S/C25H27Cl2N5O5/c1-25(2,3)21-14-22(31(29-21)18-9-10-19(26)20(27)13-18)28-23(33)15-30(11-12-37-4)24(34)16-5-7-17(8-6-16)32(35)36/h5-10,13-14H,11-12,15H2,1-4H3,(H,28,33). The van der Waals surface area contributed by atoms with Crippen LogP contribution in [0.2, 0.25) is 10.0 Å². The summed E-state index contributed by atoms with van der Waals surface area (Å²) in [5.74, 6) is -0.536. The Labute approximate surface area is 224 Å². The highest BCUT2D eigenvalue weighted by Gasteiger charge is 2.24. The highest BCUT2D eigenvalue weighted by Crippen LogP contribution is 2.29. The zero-order valence-electron chi connectivity index (χ0n) is 20.8. The molecule has 0 radical (unpaired) electrons. The summed E-state index contributed by atoms with van der Waals surface area (Å²) < 4.78 is 6.65. The average molecular weight is 548 g/mol. The molecule has 2 aromatic carbocycles. The van der Waals surface area contributed by atoms with Crippen LogP contribution in [0.3, 0.4) is 0 Å². The molecular weight excluding hydrogens is 521 g/mol. The van der Waals surface area contributed by atoms with Gasteiger partial charge < -0.3 is 15.0 Å². The average Bonchev–Trinajstić information content (AvgIpc) is 3.27. The van der Waals surface area contributed by atoms with Gasteiger partial charge in [0.05, 0.1) is 33.0 Å². The third-order valence-electron chi connectivity index (χ3n) is 5.41. The summed E-state index contributed by atoms with van der Waals surface area (Å²) >= 11 is 12.3. The van der Waals surface area contributed by atoms with Crippen molar-refractivity contribution in [3.63, 3.8) is 0 Å². The molecule has 0 spiro atoms. The van der Waals surface area contributed by atoms with Gasteiger partial charge in [-0.1, -0.05) is 44.0 Å². The first kappa shape index (κ1) is 28.1. The summed E-state index contributed by atoms with van der Waals surface area (Å²) in [5, 5.41) is 19.1. The normalized spacial score (nSPS) is 11.3. The smallest absolute Gasteiger partial charge is 0.269 e. The molecule has 0 atom stereocenters. The molecule has 3 rings (SSSR count). The number of aromatic nitrogens is 2. The Morgan fingerprint density at radius 2 is 1.78 bits per heavy atom. The van der Waals surface area contributed by atoms with Crippen molar-refractivity contribution in [2.45, 2.75) is 26.2 Å². The van der Waals surface area contributed by atoms with Crippen molar-refractivity contribution in [2.75, 3.05) is 32.1 Å². The van der Waals surface area contributed by atoms with E-state index in [0.717, 1.165) is 5.69 Å². The summed E-state index contributed by atoms with van der Waals surface area (Å²) in [6, 6.07) is 12.0. The molecule has 3 aromatic rings. The minimum atomic E-state index is -0.548. The number of amides is 2. The Bertz CT molecular complexity index is 1300. The summed E-state index contributed by atoms with van der Waals surface area (Å²) in [4.78, 5) is 37.9. The van der Waals surface area contributed by atoms with Crippen molar-refractivity contribution in [1.82, 2.24) is 14.7 Å². The first-order valence-corrected chi connectivity index (χ1v) is 12.0. The molecule has 0 bridgehead atoms. The van der Waals surface area contributed by atoms with Gasteiger partial charge in [0.15, 0.2) is 0 Å². The molecule has 1 N–H and O–H groups in total. The van der Waals surface area contributed by atoms with Crippen LogP contribution in [-0.2, 0) is 14.9 Å². The van der Waals surface area contributed by atoms with Crippen molar-refractivity contribution >= 4 is 46.5 Å². The minimum absolute atomic E-state index is 0.136. The molecular formula is C25H27Cl2N5O5. The monoisotopic (exact) mass is 547 g/mol. The summed E-state index contributed by atoms with van der Waals surface area (Å²) in [6.45, 7) is 6.04. The highest BCUT2D eigenvalue weighted by atomic mass is 35.5. The third kappa shape index (κ3) is 7.06. The molecule has 0 fully saturated rings. The third-order valence-corrected chi connectivity index (χ3v) is 6.14. The molecule has 10 nitrogen and oxygen atoms in total. The molecule has 0 saturated heterocycles. The summed E-state index contributed by atoms with van der Waals surface area (Å²) in [7, 11) is 1.48. The molecule has 0 aliphatic heterocycles. The van der Waals surface area contributed by atoms with Gasteiger partial charge in [0.1, 0.15) is 12.4 Å². The van der Waals surface area contributed by atoms with Crippen molar-refractivity contribution in [3.8, 4) is 5.69 Å². The Balaban J connectivity index is 1.86. The molecule has 12 heteroatoms. The number of carbonyl (C=O) groups is 2. The molecule has 2 amide bonds. The van der Waals surface area contributed by atoms with E-state index >= 15 is 0 Å². The van der Waals surface area contributed by atoms with Crippen LogP contribution in [0.1, 0.15) is 36.8 Å². The van der Waals surface area contributed by atoms with Crippen LogP contribution in [0.4, 0.5) is 11.5 Å². The molecule has 196 valence electrons. The number of methoxy groups -OCH3 is 1. The van der Waals surface area contributed by atoms with E-state index in [0.29, 0.717) is 21.6 Å². The predicted octanol–water partition coefficient (Wildman–Crippen LogP) is 5.11. The predicted molar refractivity (Wildman–Crippen MR) is 142 cm³/mol. The molecule has 1 heterocycles. The van der Waals surface area contributed by atoms with Crippen LogP contribution in [0, 0.1) is 10.1 Å². The number of nitro benzene ring substituents is 1. The molecule has 0 unspecified atom stereocenters. The van der Waals surface area contributed by atoms with Gasteiger partial charge in [-0.3, -0.25) is 19.7 Å². The minimum Gasteiger partial charge on any atom is -0.383 e. The van der Waals surface area contributed by atoms with Gasteiger partial charge in [0.2, 0.25) is 5.91 Å². The second kappa shape index (κ2) is 11.7. The molecule has 1 aromatic heterocycles. The van der Waals surface area contributed by atoms with E-state index in [9.17, 15) is 19.7 Å². The highest BCUT2D eigenvalue weighted by molar-refractivity contribution is 6.42. The van der Waals surface area contributed by atoms with E-state index in [-0.39, 0.29) is 36.4 Å². The maximum Gasteiger partial charge on any atom is 0.269 e. The maximum atomic E-state index is 13.1. The SMILES string of the molecule is COCCN(CC(=O)Nc1cc(C(C)(C)C)nn1-c1ccc(Cl)c(Cl)c1)C(=O)c1ccc([N+](=O)[O-])cc1. The van der Waals surface area contributed by atoms with Gasteiger partial charge in [-0.05, 0) is 30.3 Å². The van der Waals surface area contributed by atoms with E-state index in [4.69, 9.17) is 27.9 Å². The fraction of sp³-hybridized carbons (Fsp3) is 0.320. The van der Waals surface area contributed by atoms with E-state index in [2.05, 4.69) is 10.4 Å². The quantitative estimate of drug-likeness (QED) is 0.293. The van der Waals surface area contributed by atoms with Gasteiger partial charge in [-0.25, -0.2) is 4.68 Å². The Hall–Kier alpha value is -3.47. The lowest BCUT2D eigenvalue weighted by molar-refractivity contribution is -0.384. The fourth-order valence-corrected chi connectivity index (χ4v) is 3.66. The number of nitro groups is 1. The number of hydrogen-bond acceptors (Lipinski definition) is 6. The molecule has 0 saturated carbocycles. The zero-order chi connectivity index (χ0) is 27.3. The van der Waals surface area contributed by atoms with Crippen LogP contribution in [-0.4, -0.2) is 58.2 Å². The Morgan fingerprint density at radius 3 is 2.35 bits per heavy atom. The molecule has 0 aliphatic rings. The lowest BCUT2D eigenvalue weighted by Gasteiger charge is -2.22. The van der Waals surface area contributed by atoms with Crippen molar-refractivity contribution < 1.29 is 19.2 Å². The largest absolute Gasteiger partial charge is 0.383 e. The summed E-state index contributed by atoms with van der Waals surface area (Å²) in [6.07, 6.45) is 0. The molecule has 37 heavy (non-hydrogen) atoms. The topological polar surface area (TPSA) is 120 Å². The maximum absolute atomic E-state index is 13.1. The first-order chi connectivity index (χ1) is 17.4. The van der Waals surface area contributed by atoms with Crippen LogP contribution < -0.4 is 5.32 Å². The number of hydrogen-bond donors (Lipinski definition) is 1. The zero-order valence-corrected chi connectivity index (χ0v) is 22.3. The molecule has 0 aliphatic carbocycles. The lowest BCUT2D eigenvalue weighted by atomic mass is 9.92. The fourth-order valence-electron chi connectivity index (χ4n) is 3.37. The van der Waals surface area contributed by atoms with Crippen LogP contribution in [0.15, 0.2) is 48.5 Å². The van der Waals surface area contributed by atoms with Crippen molar-refractivity contribution in [1.29, 1.82) is 0 Å². The Morgan fingerprint density at radius 1 is 1.11 bits per heavy atom. The number of carbonyl (C=O) groups excluding carboxylic acids is 2. The van der Waals surface area contributed by atoms with Crippen LogP contribution >= 0.6 is 23.2 Å².